The van der Waals surface area contributed by atoms with Gasteiger partial charge in [-0.05, 0) is 30.0 Å². The molecule has 0 aromatic heterocycles. The summed E-state index contributed by atoms with van der Waals surface area (Å²) in [5.41, 5.74) is 4.44. The molecule has 0 radical (unpaired) electrons. The Labute approximate surface area is 80.3 Å². The summed E-state index contributed by atoms with van der Waals surface area (Å²) in [5, 5.41) is 0. The number of allylic oxidation sites excluding steroid dienone is 2. The van der Waals surface area contributed by atoms with Gasteiger partial charge in [-0.1, -0.05) is 43.7 Å². The van der Waals surface area contributed by atoms with Crippen molar-refractivity contribution in [1.82, 2.24) is 0 Å². The van der Waals surface area contributed by atoms with Gasteiger partial charge in [0.25, 0.3) is 0 Å². The molecule has 0 spiro atoms. The second kappa shape index (κ2) is 3.37. The Hall–Kier alpha value is -1.04. The highest BCUT2D eigenvalue weighted by Gasteiger charge is 2.18. The number of benzene rings is 1. The van der Waals surface area contributed by atoms with Crippen LogP contribution in [0.2, 0.25) is 0 Å². The van der Waals surface area contributed by atoms with Crippen LogP contribution in [0.25, 0.3) is 5.57 Å². The zero-order valence-electron chi connectivity index (χ0n) is 8.38. The predicted octanol–water partition coefficient (Wildman–Crippen LogP) is 3.99. The Balaban J connectivity index is 2.38. The Bertz CT molecular complexity index is 334. The van der Waals surface area contributed by atoms with Crippen molar-refractivity contribution in [3.05, 3.63) is 41.5 Å². The summed E-state index contributed by atoms with van der Waals surface area (Å²) in [5.74, 6) is 0.682. The maximum absolute atomic E-state index is 2.41. The molecule has 0 saturated carbocycles. The molecule has 1 aliphatic rings. The van der Waals surface area contributed by atoms with Gasteiger partial charge >= 0.3 is 0 Å². The number of hydrogen-bond donors (Lipinski definition) is 0. The first-order valence-electron chi connectivity index (χ1n) is 5.10. The van der Waals surface area contributed by atoms with Crippen LogP contribution in [0, 0.1) is 0 Å². The minimum absolute atomic E-state index is 0.682. The zero-order chi connectivity index (χ0) is 9.26. The summed E-state index contributed by atoms with van der Waals surface area (Å²) in [4.78, 5) is 0. The highest BCUT2D eigenvalue weighted by atomic mass is 14.2. The molecule has 0 amide bonds. The van der Waals surface area contributed by atoms with E-state index in [0.717, 1.165) is 0 Å². The van der Waals surface area contributed by atoms with Crippen molar-refractivity contribution in [3.8, 4) is 0 Å². The molecule has 0 aliphatic heterocycles. The average molecular weight is 172 g/mol. The van der Waals surface area contributed by atoms with Crippen LogP contribution in [0.1, 0.15) is 43.7 Å². The van der Waals surface area contributed by atoms with Crippen molar-refractivity contribution in [3.63, 3.8) is 0 Å². The Morgan fingerprint density at radius 2 is 2.00 bits per heavy atom. The van der Waals surface area contributed by atoms with Crippen LogP contribution in [0.4, 0.5) is 0 Å². The first kappa shape index (κ1) is 8.55. The molecule has 1 unspecified atom stereocenters. The van der Waals surface area contributed by atoms with Gasteiger partial charge in [-0.2, -0.15) is 0 Å². The van der Waals surface area contributed by atoms with Gasteiger partial charge in [0.1, 0.15) is 0 Å². The molecule has 13 heavy (non-hydrogen) atoms. The maximum Gasteiger partial charge on any atom is 0.00298 e. The molecule has 0 saturated heterocycles. The lowest BCUT2D eigenvalue weighted by atomic mass is 9.96. The topological polar surface area (TPSA) is 0 Å². The second-order valence-electron chi connectivity index (χ2n) is 3.83. The van der Waals surface area contributed by atoms with Crippen molar-refractivity contribution in [2.45, 2.75) is 32.6 Å². The molecule has 0 N–H and O–H groups in total. The van der Waals surface area contributed by atoms with Crippen molar-refractivity contribution < 1.29 is 0 Å². The van der Waals surface area contributed by atoms with Gasteiger partial charge < -0.3 is 0 Å². The molecule has 1 aromatic rings. The number of fused-ring (bicyclic) bond motifs is 1. The lowest BCUT2D eigenvalue weighted by Crippen LogP contribution is -1.91. The molecule has 2 rings (SSSR count). The second-order valence-corrected chi connectivity index (χ2v) is 3.83. The SMILES string of the molecule is CCCC1C=C(C)c2ccccc21. The largest absolute Gasteiger partial charge is 0.0734 e. The van der Waals surface area contributed by atoms with Crippen LogP contribution < -0.4 is 0 Å². The summed E-state index contributed by atoms with van der Waals surface area (Å²) < 4.78 is 0. The highest BCUT2D eigenvalue weighted by molar-refractivity contribution is 5.73. The van der Waals surface area contributed by atoms with E-state index in [1.165, 1.54) is 29.5 Å². The van der Waals surface area contributed by atoms with E-state index < -0.39 is 0 Å². The predicted molar refractivity (Wildman–Crippen MR) is 57.7 cm³/mol. The molecule has 0 heterocycles. The van der Waals surface area contributed by atoms with E-state index in [0.29, 0.717) is 5.92 Å². The van der Waals surface area contributed by atoms with Gasteiger partial charge in [0, 0.05) is 5.92 Å². The average Bonchev–Trinajstić information content (AvgIpc) is 2.46. The summed E-state index contributed by atoms with van der Waals surface area (Å²) in [6.07, 6.45) is 4.96. The third kappa shape index (κ3) is 1.41. The van der Waals surface area contributed by atoms with Crippen LogP contribution >= 0.6 is 0 Å². The summed E-state index contributed by atoms with van der Waals surface area (Å²) in [6, 6.07) is 8.78. The highest BCUT2D eigenvalue weighted by Crippen LogP contribution is 2.37. The number of rotatable bonds is 2. The fraction of sp³-hybridized carbons (Fsp3) is 0.385. The van der Waals surface area contributed by atoms with E-state index in [2.05, 4.69) is 44.2 Å². The lowest BCUT2D eigenvalue weighted by Gasteiger charge is -2.08. The third-order valence-corrected chi connectivity index (χ3v) is 2.84. The minimum atomic E-state index is 0.682. The summed E-state index contributed by atoms with van der Waals surface area (Å²) in [7, 11) is 0. The molecule has 0 nitrogen and oxygen atoms in total. The van der Waals surface area contributed by atoms with Crippen molar-refractivity contribution >= 4 is 5.57 Å². The van der Waals surface area contributed by atoms with E-state index >= 15 is 0 Å². The van der Waals surface area contributed by atoms with E-state index in [-0.39, 0.29) is 0 Å². The minimum Gasteiger partial charge on any atom is -0.0734 e. The first-order valence-corrected chi connectivity index (χ1v) is 5.10. The molecule has 0 heteroatoms. The zero-order valence-corrected chi connectivity index (χ0v) is 8.38. The maximum atomic E-state index is 2.41. The molecular weight excluding hydrogens is 156 g/mol. The van der Waals surface area contributed by atoms with Gasteiger partial charge in [0.2, 0.25) is 0 Å². The molecule has 68 valence electrons. The van der Waals surface area contributed by atoms with E-state index in [1.807, 2.05) is 0 Å². The first-order chi connectivity index (χ1) is 6.33. The fourth-order valence-corrected chi connectivity index (χ4v) is 2.21. The standard InChI is InChI=1S/C13H16/c1-3-6-11-9-10(2)12-7-4-5-8-13(11)12/h4-5,7-9,11H,3,6H2,1-2H3. The molecule has 0 fully saturated rings. The van der Waals surface area contributed by atoms with E-state index in [4.69, 9.17) is 0 Å². The molecule has 1 aromatic carbocycles. The number of hydrogen-bond acceptors (Lipinski definition) is 0. The van der Waals surface area contributed by atoms with Gasteiger partial charge in [-0.3, -0.25) is 0 Å². The van der Waals surface area contributed by atoms with Crippen LogP contribution in [0.15, 0.2) is 30.3 Å². The monoisotopic (exact) mass is 172 g/mol. The fourth-order valence-electron chi connectivity index (χ4n) is 2.21. The molecule has 0 bridgehead atoms. The Kier molecular flexibility index (Phi) is 2.22. The van der Waals surface area contributed by atoms with Crippen molar-refractivity contribution in [2.75, 3.05) is 0 Å². The normalized spacial score (nSPS) is 19.8. The quantitative estimate of drug-likeness (QED) is 0.632. The van der Waals surface area contributed by atoms with Gasteiger partial charge in [0.05, 0.1) is 0 Å². The van der Waals surface area contributed by atoms with E-state index in [9.17, 15) is 0 Å². The van der Waals surface area contributed by atoms with Crippen molar-refractivity contribution in [2.24, 2.45) is 0 Å². The smallest absolute Gasteiger partial charge is 0.00298 e. The van der Waals surface area contributed by atoms with Crippen molar-refractivity contribution in [1.29, 1.82) is 0 Å². The van der Waals surface area contributed by atoms with E-state index in [1.54, 1.807) is 0 Å². The van der Waals surface area contributed by atoms with Gasteiger partial charge in [-0.25, -0.2) is 0 Å². The van der Waals surface area contributed by atoms with Crippen LogP contribution in [-0.2, 0) is 0 Å². The summed E-state index contributed by atoms with van der Waals surface area (Å²) in [6.45, 7) is 4.47. The Morgan fingerprint density at radius 3 is 2.77 bits per heavy atom. The van der Waals surface area contributed by atoms with Crippen LogP contribution in [0.3, 0.4) is 0 Å². The molecule has 1 aliphatic carbocycles. The van der Waals surface area contributed by atoms with Gasteiger partial charge in [-0.15, -0.1) is 0 Å². The Morgan fingerprint density at radius 1 is 1.23 bits per heavy atom. The van der Waals surface area contributed by atoms with Crippen LogP contribution in [-0.4, -0.2) is 0 Å². The lowest BCUT2D eigenvalue weighted by molar-refractivity contribution is 0.725. The van der Waals surface area contributed by atoms with Crippen LogP contribution in [0.5, 0.6) is 0 Å². The van der Waals surface area contributed by atoms with Gasteiger partial charge in [0.15, 0.2) is 0 Å². The summed E-state index contributed by atoms with van der Waals surface area (Å²) >= 11 is 0. The third-order valence-electron chi connectivity index (χ3n) is 2.84. The molecule has 1 atom stereocenters. The molecular formula is C13H16.